The molecule has 0 aliphatic carbocycles. The van der Waals surface area contributed by atoms with Gasteiger partial charge in [0.15, 0.2) is 17.0 Å². The monoisotopic (exact) mass is 516 g/mol. The molecule has 0 spiro atoms. The Kier molecular flexibility index (Phi) is 7.56. The standard InChI is InChI=1S/C29H40N8O/c1-2-34-15-17-35(18-16-34)19-22-9-11-24(12-10-22)32-29(38)23-7-6-13-36(20-23)27-26-28(31-21-30-27)37-14-5-3-4-8-25(37)33-26/h9-12,21,23H,2-8,13-20H2,1H3,(H,32,38)/t23-/m1/s1. The maximum absolute atomic E-state index is 13.3. The van der Waals surface area contributed by atoms with Crippen LogP contribution in [0.15, 0.2) is 30.6 Å². The van der Waals surface area contributed by atoms with E-state index < -0.39 is 0 Å². The maximum atomic E-state index is 13.3. The minimum Gasteiger partial charge on any atom is -0.354 e. The Morgan fingerprint density at radius 1 is 0.947 bits per heavy atom. The number of aryl methyl sites for hydroxylation is 2. The molecule has 1 N–H and O–H groups in total. The third-order valence-electron chi connectivity index (χ3n) is 8.51. The molecule has 3 aliphatic heterocycles. The Balaban J connectivity index is 1.08. The molecule has 5 heterocycles. The van der Waals surface area contributed by atoms with Gasteiger partial charge in [-0.1, -0.05) is 25.5 Å². The number of nitrogens with one attached hydrogen (secondary N) is 1. The third kappa shape index (κ3) is 5.40. The molecule has 2 saturated heterocycles. The molecule has 3 aliphatic rings. The number of piperazine rings is 1. The second-order valence-corrected chi connectivity index (χ2v) is 11.0. The van der Waals surface area contributed by atoms with Crippen LogP contribution in [0.2, 0.25) is 0 Å². The van der Waals surface area contributed by atoms with Crippen molar-refractivity contribution in [1.82, 2.24) is 29.3 Å². The van der Waals surface area contributed by atoms with Crippen LogP contribution in [0.1, 0.15) is 50.4 Å². The van der Waals surface area contributed by atoms with Gasteiger partial charge in [-0.15, -0.1) is 0 Å². The second kappa shape index (κ2) is 11.4. The zero-order chi connectivity index (χ0) is 25.9. The van der Waals surface area contributed by atoms with Gasteiger partial charge in [-0.25, -0.2) is 15.0 Å². The average Bonchev–Trinajstić information content (AvgIpc) is 3.15. The van der Waals surface area contributed by atoms with Gasteiger partial charge in [0.2, 0.25) is 5.91 Å². The number of carbonyl (C=O) groups is 1. The van der Waals surface area contributed by atoms with Gasteiger partial charge < -0.3 is 19.7 Å². The molecule has 0 bridgehead atoms. The zero-order valence-corrected chi connectivity index (χ0v) is 22.6. The van der Waals surface area contributed by atoms with Crippen molar-refractivity contribution in [2.45, 2.75) is 58.5 Å². The molecule has 0 unspecified atom stereocenters. The molecule has 202 valence electrons. The predicted molar refractivity (Wildman–Crippen MR) is 150 cm³/mol. The van der Waals surface area contributed by atoms with Gasteiger partial charge in [-0.3, -0.25) is 9.69 Å². The lowest BCUT2D eigenvalue weighted by Gasteiger charge is -2.34. The first-order valence-corrected chi connectivity index (χ1v) is 14.5. The van der Waals surface area contributed by atoms with Gasteiger partial charge in [0.05, 0.1) is 5.92 Å². The molecule has 1 amide bonds. The van der Waals surface area contributed by atoms with E-state index in [0.29, 0.717) is 6.54 Å². The average molecular weight is 517 g/mol. The van der Waals surface area contributed by atoms with Crippen molar-refractivity contribution in [3.63, 3.8) is 0 Å². The molecule has 9 nitrogen and oxygen atoms in total. The fourth-order valence-corrected chi connectivity index (χ4v) is 6.20. The Hall–Kier alpha value is -3.04. The van der Waals surface area contributed by atoms with Crippen LogP contribution in [0, 0.1) is 5.92 Å². The first kappa shape index (κ1) is 25.2. The van der Waals surface area contributed by atoms with Crippen molar-refractivity contribution in [1.29, 1.82) is 0 Å². The molecule has 1 atom stereocenters. The summed E-state index contributed by atoms with van der Waals surface area (Å²) in [5.41, 5.74) is 3.99. The van der Waals surface area contributed by atoms with E-state index in [1.165, 1.54) is 24.8 Å². The number of amides is 1. The van der Waals surface area contributed by atoms with Crippen LogP contribution in [0.3, 0.4) is 0 Å². The van der Waals surface area contributed by atoms with E-state index in [4.69, 9.17) is 4.98 Å². The number of benzene rings is 1. The van der Waals surface area contributed by atoms with E-state index in [-0.39, 0.29) is 11.8 Å². The van der Waals surface area contributed by atoms with Crippen molar-refractivity contribution in [2.75, 3.05) is 56.0 Å². The second-order valence-electron chi connectivity index (χ2n) is 11.0. The van der Waals surface area contributed by atoms with Crippen LogP contribution in [-0.4, -0.2) is 81.0 Å². The maximum Gasteiger partial charge on any atom is 0.229 e. The van der Waals surface area contributed by atoms with E-state index in [2.05, 4.69) is 53.6 Å². The number of imidazole rings is 1. The summed E-state index contributed by atoms with van der Waals surface area (Å²) in [7, 11) is 0. The topological polar surface area (TPSA) is 82.4 Å². The van der Waals surface area contributed by atoms with Gasteiger partial charge in [0.1, 0.15) is 12.2 Å². The molecule has 1 aromatic carbocycles. The van der Waals surface area contributed by atoms with E-state index in [1.807, 2.05) is 12.1 Å². The van der Waals surface area contributed by atoms with Crippen LogP contribution < -0.4 is 10.2 Å². The van der Waals surface area contributed by atoms with Crippen molar-refractivity contribution in [3.8, 4) is 0 Å². The normalized spacial score (nSPS) is 21.3. The summed E-state index contributed by atoms with van der Waals surface area (Å²) in [6.07, 6.45) is 8.08. The number of rotatable bonds is 6. The van der Waals surface area contributed by atoms with Crippen LogP contribution in [0.5, 0.6) is 0 Å². The minimum atomic E-state index is -0.0799. The molecule has 6 rings (SSSR count). The smallest absolute Gasteiger partial charge is 0.229 e. The lowest BCUT2D eigenvalue weighted by Crippen LogP contribution is -2.45. The summed E-state index contributed by atoms with van der Waals surface area (Å²) in [4.78, 5) is 34.7. The highest BCUT2D eigenvalue weighted by atomic mass is 16.1. The number of aromatic nitrogens is 4. The van der Waals surface area contributed by atoms with E-state index in [0.717, 1.165) is 100 Å². The Bertz CT molecular complexity index is 1250. The number of likely N-dealkylation sites (N-methyl/N-ethyl adjacent to an activating group) is 1. The summed E-state index contributed by atoms with van der Waals surface area (Å²) >= 11 is 0. The van der Waals surface area contributed by atoms with Gasteiger partial charge in [-0.05, 0) is 49.9 Å². The van der Waals surface area contributed by atoms with Crippen LogP contribution in [0.4, 0.5) is 11.5 Å². The molecule has 2 fully saturated rings. The van der Waals surface area contributed by atoms with E-state index in [1.54, 1.807) is 6.33 Å². The minimum absolute atomic E-state index is 0.0799. The molecular formula is C29H40N8O. The summed E-state index contributed by atoms with van der Waals surface area (Å²) < 4.78 is 2.27. The number of hydrogen-bond acceptors (Lipinski definition) is 7. The number of hydrogen-bond donors (Lipinski definition) is 1. The Morgan fingerprint density at radius 3 is 2.58 bits per heavy atom. The van der Waals surface area contributed by atoms with Crippen LogP contribution >= 0.6 is 0 Å². The molecule has 3 aromatic rings. The summed E-state index contributed by atoms with van der Waals surface area (Å²) in [6.45, 7) is 11.4. The fraction of sp³-hybridized carbons (Fsp3) is 0.586. The largest absolute Gasteiger partial charge is 0.354 e. The molecular weight excluding hydrogens is 476 g/mol. The van der Waals surface area contributed by atoms with Crippen molar-refractivity contribution in [3.05, 3.63) is 42.0 Å². The number of anilines is 2. The zero-order valence-electron chi connectivity index (χ0n) is 22.6. The fourth-order valence-electron chi connectivity index (χ4n) is 6.20. The van der Waals surface area contributed by atoms with Gasteiger partial charge in [0, 0.05) is 64.5 Å². The number of nitrogens with zero attached hydrogens (tertiary/aromatic N) is 7. The first-order valence-electron chi connectivity index (χ1n) is 14.5. The molecule has 0 radical (unpaired) electrons. The Morgan fingerprint density at radius 2 is 1.76 bits per heavy atom. The van der Waals surface area contributed by atoms with Gasteiger partial charge in [0.25, 0.3) is 0 Å². The molecule has 38 heavy (non-hydrogen) atoms. The SMILES string of the molecule is CCN1CCN(Cc2ccc(NC(=O)[C@@H]3CCCN(c4ncnc5c4nc4n5CCCCC4)C3)cc2)CC1. The third-order valence-corrected chi connectivity index (χ3v) is 8.51. The summed E-state index contributed by atoms with van der Waals surface area (Å²) in [6, 6.07) is 8.38. The van der Waals surface area contributed by atoms with Gasteiger partial charge in [-0.2, -0.15) is 0 Å². The van der Waals surface area contributed by atoms with Crippen LogP contribution in [0.25, 0.3) is 11.2 Å². The highest BCUT2D eigenvalue weighted by Crippen LogP contribution is 2.30. The molecule has 0 saturated carbocycles. The molecule has 2 aromatic heterocycles. The number of fused-ring (bicyclic) bond motifs is 3. The quantitative estimate of drug-likeness (QED) is 0.537. The van der Waals surface area contributed by atoms with Crippen molar-refractivity contribution >= 4 is 28.6 Å². The van der Waals surface area contributed by atoms with E-state index in [9.17, 15) is 4.79 Å². The van der Waals surface area contributed by atoms with Crippen molar-refractivity contribution in [2.24, 2.45) is 5.92 Å². The molecule has 9 heteroatoms. The summed E-state index contributed by atoms with van der Waals surface area (Å²) in [5, 5.41) is 3.17. The van der Waals surface area contributed by atoms with Crippen molar-refractivity contribution < 1.29 is 4.79 Å². The van der Waals surface area contributed by atoms with Gasteiger partial charge >= 0.3 is 0 Å². The lowest BCUT2D eigenvalue weighted by atomic mass is 9.97. The Labute approximate surface area is 225 Å². The first-order chi connectivity index (χ1) is 18.7. The predicted octanol–water partition coefficient (Wildman–Crippen LogP) is 3.55. The number of piperidine rings is 1. The highest BCUT2D eigenvalue weighted by molar-refractivity contribution is 5.93. The summed E-state index contributed by atoms with van der Waals surface area (Å²) in [5.74, 6) is 2.00. The number of carbonyl (C=O) groups excluding carboxylic acids is 1. The lowest BCUT2D eigenvalue weighted by molar-refractivity contribution is -0.120. The van der Waals surface area contributed by atoms with E-state index >= 15 is 0 Å². The highest BCUT2D eigenvalue weighted by Gasteiger charge is 2.29. The van der Waals surface area contributed by atoms with Crippen LogP contribution in [-0.2, 0) is 24.3 Å².